The van der Waals surface area contributed by atoms with Crippen molar-refractivity contribution in [2.24, 2.45) is 0 Å². The number of carbonyl (C=O) groups excluding carboxylic acids is 1. The molecule has 0 aromatic carbocycles. The van der Waals surface area contributed by atoms with E-state index in [0.29, 0.717) is 0 Å². The van der Waals surface area contributed by atoms with Crippen molar-refractivity contribution in [1.82, 2.24) is 20.0 Å². The summed E-state index contributed by atoms with van der Waals surface area (Å²) in [6.07, 6.45) is 2.58. The molecule has 0 aliphatic carbocycles. The van der Waals surface area contributed by atoms with Gasteiger partial charge in [0.05, 0.1) is 18.8 Å². The fraction of sp³-hybridized carbons (Fsp3) is 0.538. The lowest BCUT2D eigenvalue weighted by Crippen LogP contribution is -2.37. The van der Waals surface area contributed by atoms with Crippen LogP contribution < -0.4 is 15.5 Å². The number of hydrogen-bond acceptors (Lipinski definition) is 6. The van der Waals surface area contributed by atoms with Crippen LogP contribution in [0.3, 0.4) is 0 Å². The lowest BCUT2D eigenvalue weighted by atomic mass is 10.3. The van der Waals surface area contributed by atoms with Crippen LogP contribution in [-0.4, -0.2) is 48.8 Å². The Balaban J connectivity index is 1.79. The van der Waals surface area contributed by atoms with E-state index in [1.807, 2.05) is 18.6 Å². The summed E-state index contributed by atoms with van der Waals surface area (Å²) in [5.74, 6) is 1.00. The molecule has 3 rings (SSSR count). The number of amides is 1. The van der Waals surface area contributed by atoms with Crippen LogP contribution >= 0.6 is 11.3 Å². The highest BCUT2D eigenvalue weighted by molar-refractivity contribution is 7.15. The van der Waals surface area contributed by atoms with Crippen molar-refractivity contribution in [3.63, 3.8) is 0 Å². The van der Waals surface area contributed by atoms with Gasteiger partial charge in [0.2, 0.25) is 0 Å². The van der Waals surface area contributed by atoms with Crippen LogP contribution in [0, 0.1) is 0 Å². The number of aromatic nitrogens is 2. The maximum atomic E-state index is 11.3. The summed E-state index contributed by atoms with van der Waals surface area (Å²) in [6.45, 7) is 2.41. The Morgan fingerprint density at radius 1 is 1.62 bits per heavy atom. The summed E-state index contributed by atoms with van der Waals surface area (Å²) in [7, 11) is 3.32. The van der Waals surface area contributed by atoms with Gasteiger partial charge in [0.25, 0.3) is 0 Å². The second-order valence-corrected chi connectivity index (χ2v) is 5.91. The van der Waals surface area contributed by atoms with E-state index in [4.69, 9.17) is 4.98 Å². The fourth-order valence-electron chi connectivity index (χ4n) is 2.70. The third-order valence-electron chi connectivity index (χ3n) is 3.68. The molecular formula is C13H19N5O2S. The molecule has 0 bridgehead atoms. The summed E-state index contributed by atoms with van der Waals surface area (Å²) in [5.41, 5.74) is 1.16. The SMILES string of the molecule is CNCc1c(N2CCC(NC(=O)OC)C2)nc2sccn12. The lowest BCUT2D eigenvalue weighted by molar-refractivity contribution is 0.167. The van der Waals surface area contributed by atoms with Crippen LogP contribution in [0.1, 0.15) is 12.1 Å². The van der Waals surface area contributed by atoms with Crippen LogP contribution in [-0.2, 0) is 11.3 Å². The van der Waals surface area contributed by atoms with E-state index in [9.17, 15) is 4.79 Å². The first kappa shape index (κ1) is 14.2. The van der Waals surface area contributed by atoms with Gasteiger partial charge in [-0.15, -0.1) is 11.3 Å². The van der Waals surface area contributed by atoms with Gasteiger partial charge >= 0.3 is 6.09 Å². The van der Waals surface area contributed by atoms with Gasteiger partial charge in [-0.2, -0.15) is 0 Å². The Morgan fingerprint density at radius 2 is 2.48 bits per heavy atom. The molecule has 1 fully saturated rings. The van der Waals surface area contributed by atoms with Gasteiger partial charge in [-0.1, -0.05) is 0 Å². The molecule has 3 heterocycles. The van der Waals surface area contributed by atoms with Crippen LogP contribution in [0.25, 0.3) is 4.96 Å². The van der Waals surface area contributed by atoms with Crippen LogP contribution in [0.5, 0.6) is 0 Å². The van der Waals surface area contributed by atoms with Crippen LogP contribution in [0.2, 0.25) is 0 Å². The number of ether oxygens (including phenoxy) is 1. The standard InChI is InChI=1S/C13H19N5O2S/c1-14-7-10-11(16-12-18(10)5-6-21-12)17-4-3-9(8-17)15-13(19)20-2/h5-6,9,14H,3-4,7-8H2,1-2H3,(H,15,19). The molecule has 1 aliphatic rings. The van der Waals surface area contributed by atoms with Gasteiger partial charge < -0.3 is 20.3 Å². The highest BCUT2D eigenvalue weighted by atomic mass is 32.1. The van der Waals surface area contributed by atoms with E-state index in [1.54, 1.807) is 11.3 Å². The summed E-state index contributed by atoms with van der Waals surface area (Å²) in [5, 5.41) is 8.09. The highest BCUT2D eigenvalue weighted by Crippen LogP contribution is 2.27. The van der Waals surface area contributed by atoms with Crippen molar-refractivity contribution in [3.05, 3.63) is 17.3 Å². The van der Waals surface area contributed by atoms with Gasteiger partial charge in [0.15, 0.2) is 10.8 Å². The van der Waals surface area contributed by atoms with E-state index in [-0.39, 0.29) is 12.1 Å². The summed E-state index contributed by atoms with van der Waals surface area (Å²) >= 11 is 1.63. The number of anilines is 1. The van der Waals surface area contributed by atoms with Crippen molar-refractivity contribution in [3.8, 4) is 0 Å². The van der Waals surface area contributed by atoms with Gasteiger partial charge in [0, 0.05) is 31.2 Å². The fourth-order valence-corrected chi connectivity index (χ4v) is 3.43. The first-order chi connectivity index (χ1) is 10.2. The van der Waals surface area contributed by atoms with Gasteiger partial charge in [0.1, 0.15) is 0 Å². The zero-order valence-corrected chi connectivity index (χ0v) is 12.9. The molecule has 114 valence electrons. The van der Waals surface area contributed by atoms with Crippen LogP contribution in [0.4, 0.5) is 10.6 Å². The predicted molar refractivity (Wildman–Crippen MR) is 82.0 cm³/mol. The molecule has 1 saturated heterocycles. The second kappa shape index (κ2) is 5.90. The van der Waals surface area contributed by atoms with Crippen molar-refractivity contribution in [1.29, 1.82) is 0 Å². The van der Waals surface area contributed by atoms with Gasteiger partial charge in [-0.05, 0) is 13.5 Å². The number of carbonyl (C=O) groups is 1. The number of rotatable bonds is 4. The molecule has 0 radical (unpaired) electrons. The number of thiazole rings is 1. The Morgan fingerprint density at radius 3 is 3.24 bits per heavy atom. The Hall–Kier alpha value is -1.80. The van der Waals surface area contributed by atoms with E-state index >= 15 is 0 Å². The van der Waals surface area contributed by atoms with E-state index in [2.05, 4.69) is 24.7 Å². The maximum Gasteiger partial charge on any atom is 0.407 e. The molecule has 2 aromatic rings. The average molecular weight is 309 g/mol. The topological polar surface area (TPSA) is 70.9 Å². The Labute approximate surface area is 126 Å². The first-order valence-electron chi connectivity index (χ1n) is 6.91. The molecule has 1 amide bonds. The third kappa shape index (κ3) is 2.68. The second-order valence-electron chi connectivity index (χ2n) is 5.04. The minimum absolute atomic E-state index is 0.111. The molecule has 1 atom stereocenters. The zero-order chi connectivity index (χ0) is 14.8. The summed E-state index contributed by atoms with van der Waals surface area (Å²) < 4.78 is 6.78. The van der Waals surface area contributed by atoms with Crippen molar-refractivity contribution < 1.29 is 9.53 Å². The molecule has 1 aliphatic heterocycles. The highest BCUT2D eigenvalue weighted by Gasteiger charge is 2.28. The molecule has 21 heavy (non-hydrogen) atoms. The molecule has 0 saturated carbocycles. The number of methoxy groups -OCH3 is 1. The van der Waals surface area contributed by atoms with Crippen LogP contribution in [0.15, 0.2) is 11.6 Å². The number of nitrogens with one attached hydrogen (secondary N) is 2. The molecule has 2 N–H and O–H groups in total. The zero-order valence-electron chi connectivity index (χ0n) is 12.1. The first-order valence-corrected chi connectivity index (χ1v) is 7.79. The summed E-state index contributed by atoms with van der Waals surface area (Å²) in [6, 6.07) is 0.111. The normalized spacial score (nSPS) is 18.4. The quantitative estimate of drug-likeness (QED) is 0.883. The van der Waals surface area contributed by atoms with Crippen molar-refractivity contribution in [2.75, 3.05) is 32.1 Å². The van der Waals surface area contributed by atoms with Crippen molar-refractivity contribution >= 4 is 28.2 Å². The lowest BCUT2D eigenvalue weighted by Gasteiger charge is -2.18. The minimum Gasteiger partial charge on any atom is -0.453 e. The molecular weight excluding hydrogens is 290 g/mol. The predicted octanol–water partition coefficient (Wildman–Crippen LogP) is 1.05. The Bertz CT molecular complexity index is 638. The van der Waals surface area contributed by atoms with E-state index in [0.717, 1.165) is 42.5 Å². The average Bonchev–Trinajstić information content (AvgIpc) is 3.16. The third-order valence-corrected chi connectivity index (χ3v) is 4.44. The molecule has 2 aromatic heterocycles. The number of alkyl carbamates (subject to hydrolysis) is 1. The smallest absolute Gasteiger partial charge is 0.407 e. The number of imidazole rings is 1. The van der Waals surface area contributed by atoms with Crippen molar-refractivity contribution in [2.45, 2.75) is 19.0 Å². The van der Waals surface area contributed by atoms with E-state index in [1.165, 1.54) is 7.11 Å². The number of nitrogens with zero attached hydrogens (tertiary/aromatic N) is 3. The molecule has 1 unspecified atom stereocenters. The maximum absolute atomic E-state index is 11.3. The summed E-state index contributed by atoms with van der Waals surface area (Å²) in [4.78, 5) is 19.3. The monoisotopic (exact) mass is 309 g/mol. The Kier molecular flexibility index (Phi) is 3.98. The number of fused-ring (bicyclic) bond motifs is 1. The molecule has 7 nitrogen and oxygen atoms in total. The minimum atomic E-state index is -0.372. The van der Waals surface area contributed by atoms with E-state index < -0.39 is 0 Å². The van der Waals surface area contributed by atoms with Gasteiger partial charge in [-0.25, -0.2) is 9.78 Å². The number of hydrogen-bond donors (Lipinski definition) is 2. The van der Waals surface area contributed by atoms with Gasteiger partial charge in [-0.3, -0.25) is 4.40 Å². The molecule has 8 heteroatoms. The largest absolute Gasteiger partial charge is 0.453 e. The molecule has 0 spiro atoms.